The molecule has 4 nitrogen and oxygen atoms in total. The largest absolute Gasteiger partial charge is 0.326 e. The molecule has 6 heteroatoms. The normalized spacial score (nSPS) is 16.2. The van der Waals surface area contributed by atoms with E-state index < -0.39 is 10.0 Å². The van der Waals surface area contributed by atoms with E-state index >= 15 is 0 Å². The lowest BCUT2D eigenvalue weighted by atomic mass is 10.3. The smallest absolute Gasteiger partial charge is 0.244 e. The standard InChI is InChI=1S/C13H22N2O2S2/c1-3-4-7-15(11-5-6-11)19(16,17)13-10(2)9-18-12(13)8-14/h9,11H,3-8,14H2,1-2H3. The summed E-state index contributed by atoms with van der Waals surface area (Å²) in [6.07, 6.45) is 3.90. The van der Waals surface area contributed by atoms with E-state index in [2.05, 4.69) is 6.92 Å². The number of aryl methyl sites for hydroxylation is 1. The van der Waals surface area contributed by atoms with E-state index in [1.165, 1.54) is 11.3 Å². The molecule has 1 aromatic rings. The van der Waals surface area contributed by atoms with Gasteiger partial charge in [0.2, 0.25) is 10.0 Å². The summed E-state index contributed by atoms with van der Waals surface area (Å²) in [5.74, 6) is 0. The van der Waals surface area contributed by atoms with Gasteiger partial charge < -0.3 is 5.73 Å². The zero-order chi connectivity index (χ0) is 14.0. The summed E-state index contributed by atoms with van der Waals surface area (Å²) in [4.78, 5) is 1.24. The summed E-state index contributed by atoms with van der Waals surface area (Å²) >= 11 is 1.45. The summed E-state index contributed by atoms with van der Waals surface area (Å²) in [6, 6.07) is 0.210. The number of rotatable bonds is 7. The van der Waals surface area contributed by atoms with Crippen LogP contribution in [0.25, 0.3) is 0 Å². The molecular weight excluding hydrogens is 280 g/mol. The summed E-state index contributed by atoms with van der Waals surface area (Å²) in [6.45, 7) is 4.86. The van der Waals surface area contributed by atoms with Crippen molar-refractivity contribution >= 4 is 21.4 Å². The molecule has 0 bridgehead atoms. The Balaban J connectivity index is 2.35. The highest BCUT2D eigenvalue weighted by Crippen LogP contribution is 2.36. The Bertz CT molecular complexity index is 533. The average Bonchev–Trinajstić information content (AvgIpc) is 3.11. The third-order valence-electron chi connectivity index (χ3n) is 3.43. The molecule has 1 fully saturated rings. The van der Waals surface area contributed by atoms with E-state index in [0.29, 0.717) is 18.0 Å². The molecule has 2 N–H and O–H groups in total. The van der Waals surface area contributed by atoms with Crippen LogP contribution in [0.3, 0.4) is 0 Å². The van der Waals surface area contributed by atoms with Crippen molar-refractivity contribution in [3.63, 3.8) is 0 Å². The molecule has 0 spiro atoms. The molecule has 0 aliphatic heterocycles. The first-order valence-electron chi connectivity index (χ1n) is 6.81. The Labute approximate surface area is 119 Å². The third kappa shape index (κ3) is 3.02. The van der Waals surface area contributed by atoms with E-state index in [0.717, 1.165) is 36.1 Å². The van der Waals surface area contributed by atoms with Gasteiger partial charge in [0, 0.05) is 24.0 Å². The lowest BCUT2D eigenvalue weighted by molar-refractivity contribution is 0.395. The van der Waals surface area contributed by atoms with Gasteiger partial charge in [0.1, 0.15) is 4.90 Å². The molecule has 19 heavy (non-hydrogen) atoms. The first kappa shape index (κ1) is 15.0. The zero-order valence-electron chi connectivity index (χ0n) is 11.6. The van der Waals surface area contributed by atoms with Gasteiger partial charge in [-0.05, 0) is 37.1 Å². The van der Waals surface area contributed by atoms with Crippen LogP contribution in [-0.4, -0.2) is 25.3 Å². The highest BCUT2D eigenvalue weighted by atomic mass is 32.2. The highest BCUT2D eigenvalue weighted by Gasteiger charge is 2.39. The van der Waals surface area contributed by atoms with E-state index in [9.17, 15) is 8.42 Å². The molecular formula is C13H22N2O2S2. The maximum Gasteiger partial charge on any atom is 0.244 e. The minimum Gasteiger partial charge on any atom is -0.326 e. The van der Waals surface area contributed by atoms with E-state index in [-0.39, 0.29) is 6.04 Å². The number of nitrogens with zero attached hydrogens (tertiary/aromatic N) is 1. The molecule has 1 heterocycles. The summed E-state index contributed by atoms with van der Waals surface area (Å²) in [5.41, 5.74) is 6.51. The minimum atomic E-state index is -3.38. The maximum absolute atomic E-state index is 12.9. The maximum atomic E-state index is 12.9. The monoisotopic (exact) mass is 302 g/mol. The van der Waals surface area contributed by atoms with Crippen LogP contribution in [0.4, 0.5) is 0 Å². The van der Waals surface area contributed by atoms with Gasteiger partial charge in [0.05, 0.1) is 0 Å². The molecule has 1 aromatic heterocycles. The molecule has 108 valence electrons. The van der Waals surface area contributed by atoms with Crippen molar-refractivity contribution in [2.45, 2.75) is 57.0 Å². The van der Waals surface area contributed by atoms with Gasteiger partial charge in [0.25, 0.3) is 0 Å². The SMILES string of the molecule is CCCCN(C1CC1)S(=O)(=O)c1c(C)csc1CN. The zero-order valence-corrected chi connectivity index (χ0v) is 13.2. The summed E-state index contributed by atoms with van der Waals surface area (Å²) in [7, 11) is -3.38. The van der Waals surface area contributed by atoms with E-state index in [4.69, 9.17) is 5.73 Å². The van der Waals surface area contributed by atoms with Crippen LogP contribution in [0, 0.1) is 6.92 Å². The number of hydrogen-bond donors (Lipinski definition) is 1. The second-order valence-corrected chi connectivity index (χ2v) is 7.87. The number of unbranched alkanes of at least 4 members (excludes halogenated alkanes) is 1. The van der Waals surface area contributed by atoms with Gasteiger partial charge in [-0.25, -0.2) is 8.42 Å². The molecule has 1 aliphatic rings. The van der Waals surface area contributed by atoms with Crippen LogP contribution in [0.15, 0.2) is 10.3 Å². The van der Waals surface area contributed by atoms with E-state index in [1.807, 2.05) is 12.3 Å². The molecule has 0 radical (unpaired) electrons. The number of thiophene rings is 1. The van der Waals surface area contributed by atoms with Crippen molar-refractivity contribution in [3.05, 3.63) is 15.8 Å². The Hall–Kier alpha value is -0.430. The van der Waals surface area contributed by atoms with E-state index in [1.54, 1.807) is 4.31 Å². The Morgan fingerprint density at radius 2 is 2.16 bits per heavy atom. The predicted molar refractivity (Wildman–Crippen MR) is 78.8 cm³/mol. The second kappa shape index (κ2) is 5.91. The number of sulfonamides is 1. The van der Waals surface area contributed by atoms with Crippen molar-refractivity contribution in [1.29, 1.82) is 0 Å². The first-order valence-corrected chi connectivity index (χ1v) is 9.13. The lowest BCUT2D eigenvalue weighted by Crippen LogP contribution is -2.34. The van der Waals surface area contributed by atoms with Gasteiger partial charge in [0.15, 0.2) is 0 Å². The molecule has 1 saturated carbocycles. The predicted octanol–water partition coefficient (Wildman–Crippen LogP) is 2.47. The fourth-order valence-corrected chi connectivity index (χ4v) is 5.65. The van der Waals surface area contributed by atoms with Crippen LogP contribution in [0.5, 0.6) is 0 Å². The highest BCUT2D eigenvalue weighted by molar-refractivity contribution is 7.89. The molecule has 0 saturated heterocycles. The van der Waals surface area contributed by atoms with Crippen molar-refractivity contribution in [2.24, 2.45) is 5.73 Å². The van der Waals surface area contributed by atoms with Crippen molar-refractivity contribution in [2.75, 3.05) is 6.54 Å². The molecule has 0 amide bonds. The van der Waals surface area contributed by atoms with Crippen LogP contribution in [-0.2, 0) is 16.6 Å². The Morgan fingerprint density at radius 1 is 1.47 bits per heavy atom. The molecule has 0 aromatic carbocycles. The number of nitrogens with two attached hydrogens (primary N) is 1. The van der Waals surface area contributed by atoms with Gasteiger partial charge in [-0.2, -0.15) is 4.31 Å². The van der Waals surface area contributed by atoms with Crippen LogP contribution in [0.1, 0.15) is 43.0 Å². The second-order valence-electron chi connectivity index (χ2n) is 5.08. The molecule has 0 atom stereocenters. The van der Waals surface area contributed by atoms with Gasteiger partial charge in [-0.1, -0.05) is 13.3 Å². The van der Waals surface area contributed by atoms with Gasteiger partial charge in [-0.15, -0.1) is 11.3 Å². The van der Waals surface area contributed by atoms with Crippen molar-refractivity contribution in [1.82, 2.24) is 4.31 Å². The summed E-state index contributed by atoms with van der Waals surface area (Å²) < 4.78 is 27.4. The summed E-state index contributed by atoms with van der Waals surface area (Å²) in [5, 5.41) is 1.89. The third-order valence-corrected chi connectivity index (χ3v) is 6.87. The van der Waals surface area contributed by atoms with Crippen molar-refractivity contribution in [3.8, 4) is 0 Å². The number of hydrogen-bond acceptors (Lipinski definition) is 4. The van der Waals surface area contributed by atoms with Gasteiger partial charge in [-0.3, -0.25) is 0 Å². The molecule has 1 aliphatic carbocycles. The minimum absolute atomic E-state index is 0.210. The topological polar surface area (TPSA) is 63.4 Å². The average molecular weight is 302 g/mol. The Kier molecular flexibility index (Phi) is 4.66. The fraction of sp³-hybridized carbons (Fsp3) is 0.692. The molecule has 2 rings (SSSR count). The Morgan fingerprint density at radius 3 is 2.68 bits per heavy atom. The van der Waals surface area contributed by atoms with Crippen LogP contribution >= 0.6 is 11.3 Å². The van der Waals surface area contributed by atoms with Crippen LogP contribution in [0.2, 0.25) is 0 Å². The first-order chi connectivity index (χ1) is 9.02. The molecule has 0 unspecified atom stereocenters. The van der Waals surface area contributed by atoms with Gasteiger partial charge >= 0.3 is 0 Å². The van der Waals surface area contributed by atoms with Crippen LogP contribution < -0.4 is 5.73 Å². The fourth-order valence-electron chi connectivity index (χ4n) is 2.27. The quantitative estimate of drug-likeness (QED) is 0.841. The lowest BCUT2D eigenvalue weighted by Gasteiger charge is -2.22. The van der Waals surface area contributed by atoms with Crippen molar-refractivity contribution < 1.29 is 8.42 Å².